The van der Waals surface area contributed by atoms with Crippen LogP contribution in [0.4, 0.5) is 17.1 Å². The Morgan fingerprint density at radius 2 is 1.02 bits per heavy atom. The van der Waals surface area contributed by atoms with E-state index in [1.165, 1.54) is 98.2 Å². The maximum Gasteiger partial charge on any atom is 0.0554 e. The minimum Gasteiger partial charge on any atom is -0.310 e. The number of thiophene rings is 1. The second-order valence-corrected chi connectivity index (χ2v) is 18.5. The van der Waals surface area contributed by atoms with Gasteiger partial charge in [-0.1, -0.05) is 172 Å². The van der Waals surface area contributed by atoms with E-state index in [9.17, 15) is 0 Å². The molecule has 0 aliphatic heterocycles. The first-order valence-electron chi connectivity index (χ1n) is 21.3. The first-order valence-corrected chi connectivity index (χ1v) is 22.2. The molecule has 1 nitrogen and oxygen atoms in total. The van der Waals surface area contributed by atoms with Gasteiger partial charge in [0.25, 0.3) is 0 Å². The summed E-state index contributed by atoms with van der Waals surface area (Å²) in [6.07, 6.45) is 0. The van der Waals surface area contributed by atoms with Crippen molar-refractivity contribution in [3.63, 3.8) is 0 Å². The third-order valence-corrected chi connectivity index (χ3v) is 14.9. The third-order valence-electron chi connectivity index (χ3n) is 13.7. The van der Waals surface area contributed by atoms with Gasteiger partial charge in [-0.15, -0.1) is 11.3 Å². The standard InChI is InChI=1S/C59H43NS/c1-58(2)50-25-10-7-21-46(50)48-24-14-23-44(57(48)58)40-16-13-19-43(36-40)60(53-27-15-29-55-56(53)49-22-9-12-28-54(49)61-55)42-33-30-38(31-34-42)39-32-35-47-45-20-8-11-26-51(45)59(3,52(47)37-39)41-17-5-4-6-18-41/h4-37H,1-3H3. The predicted octanol–water partition coefficient (Wildman–Crippen LogP) is 16.5. The van der Waals surface area contributed by atoms with Gasteiger partial charge in [-0.05, 0) is 128 Å². The highest BCUT2D eigenvalue weighted by atomic mass is 32.1. The zero-order valence-corrected chi connectivity index (χ0v) is 35.3. The number of hydrogen-bond donors (Lipinski definition) is 0. The van der Waals surface area contributed by atoms with Crippen molar-refractivity contribution in [2.45, 2.75) is 31.6 Å². The fraction of sp³-hybridized carbons (Fsp3) is 0.0847. The van der Waals surface area contributed by atoms with Crippen LogP contribution in [0.5, 0.6) is 0 Å². The van der Waals surface area contributed by atoms with E-state index in [1.807, 2.05) is 11.3 Å². The van der Waals surface area contributed by atoms with Gasteiger partial charge in [-0.25, -0.2) is 0 Å². The van der Waals surface area contributed by atoms with Crippen LogP contribution in [0.25, 0.3) is 64.7 Å². The van der Waals surface area contributed by atoms with Crippen LogP contribution in [0, 0.1) is 0 Å². The number of nitrogens with zero attached hydrogens (tertiary/aromatic N) is 1. The summed E-state index contributed by atoms with van der Waals surface area (Å²) in [6.45, 7) is 7.15. The Labute approximate surface area is 361 Å². The second-order valence-electron chi connectivity index (χ2n) is 17.4. The molecule has 0 radical (unpaired) electrons. The van der Waals surface area contributed by atoms with Crippen molar-refractivity contribution in [1.82, 2.24) is 0 Å². The first-order chi connectivity index (χ1) is 29.9. The molecule has 0 spiro atoms. The van der Waals surface area contributed by atoms with Crippen molar-refractivity contribution in [2.24, 2.45) is 0 Å². The second kappa shape index (κ2) is 13.5. The van der Waals surface area contributed by atoms with E-state index in [2.05, 4.69) is 232 Å². The van der Waals surface area contributed by atoms with Gasteiger partial charge in [0.15, 0.2) is 0 Å². The van der Waals surface area contributed by atoms with Crippen LogP contribution in [0.15, 0.2) is 206 Å². The monoisotopic (exact) mass is 797 g/mol. The van der Waals surface area contributed by atoms with Crippen LogP contribution in [0.2, 0.25) is 0 Å². The SMILES string of the molecule is CC1(C)c2ccccc2-c2cccc(-c3cccc(N(c4ccc(-c5ccc6c(c5)C(C)(c5ccccc5)c5ccccc5-6)cc4)c4cccc5sc6ccccc6c45)c3)c21. The molecule has 2 heteroatoms. The van der Waals surface area contributed by atoms with E-state index >= 15 is 0 Å². The summed E-state index contributed by atoms with van der Waals surface area (Å²) in [4.78, 5) is 2.48. The quantitative estimate of drug-likeness (QED) is 0.162. The van der Waals surface area contributed by atoms with Crippen LogP contribution < -0.4 is 4.90 Å². The highest BCUT2D eigenvalue weighted by Crippen LogP contribution is 2.55. The highest BCUT2D eigenvalue weighted by molar-refractivity contribution is 7.26. The molecular formula is C59H43NS. The Bertz CT molecular complexity index is 3350. The Hall–Kier alpha value is -7.00. The van der Waals surface area contributed by atoms with Crippen LogP contribution in [0.3, 0.4) is 0 Å². The molecule has 9 aromatic carbocycles. The van der Waals surface area contributed by atoms with E-state index in [0.29, 0.717) is 0 Å². The minimum atomic E-state index is -0.246. The average Bonchev–Trinajstić information content (AvgIpc) is 3.91. The molecule has 1 aromatic heterocycles. The van der Waals surface area contributed by atoms with Crippen molar-refractivity contribution in [3.8, 4) is 44.5 Å². The number of fused-ring (bicyclic) bond motifs is 9. The smallest absolute Gasteiger partial charge is 0.0554 e. The molecular weight excluding hydrogens is 755 g/mol. The molecule has 2 aliphatic carbocycles. The molecule has 290 valence electrons. The van der Waals surface area contributed by atoms with E-state index in [-0.39, 0.29) is 10.8 Å². The summed E-state index contributed by atoms with van der Waals surface area (Å²) in [6, 6.07) is 76.8. The van der Waals surface area contributed by atoms with E-state index in [1.54, 1.807) is 0 Å². The maximum atomic E-state index is 2.48. The largest absolute Gasteiger partial charge is 0.310 e. The number of benzene rings is 9. The lowest BCUT2D eigenvalue weighted by molar-refractivity contribution is 0.662. The normalized spacial score (nSPS) is 15.7. The lowest BCUT2D eigenvalue weighted by Crippen LogP contribution is -2.22. The third kappa shape index (κ3) is 5.32. The number of hydrogen-bond acceptors (Lipinski definition) is 2. The number of anilines is 3. The van der Waals surface area contributed by atoms with Crippen LogP contribution in [0.1, 0.15) is 48.6 Å². The van der Waals surface area contributed by atoms with Gasteiger partial charge < -0.3 is 4.90 Å². The molecule has 0 saturated carbocycles. The molecule has 12 rings (SSSR count). The van der Waals surface area contributed by atoms with Gasteiger partial charge in [0, 0.05) is 42.4 Å². The Kier molecular flexibility index (Phi) is 7.95. The van der Waals surface area contributed by atoms with Crippen molar-refractivity contribution in [2.75, 3.05) is 4.90 Å². The van der Waals surface area contributed by atoms with Crippen LogP contribution >= 0.6 is 11.3 Å². The molecule has 2 aliphatic rings. The zero-order chi connectivity index (χ0) is 40.9. The van der Waals surface area contributed by atoms with Crippen molar-refractivity contribution in [1.29, 1.82) is 0 Å². The fourth-order valence-electron chi connectivity index (χ4n) is 10.8. The van der Waals surface area contributed by atoms with E-state index in [0.717, 1.165) is 11.4 Å². The van der Waals surface area contributed by atoms with Gasteiger partial charge in [-0.3, -0.25) is 0 Å². The van der Waals surface area contributed by atoms with E-state index in [4.69, 9.17) is 0 Å². The molecule has 0 saturated heterocycles. The molecule has 0 bridgehead atoms. The topological polar surface area (TPSA) is 3.24 Å². The average molecular weight is 798 g/mol. The van der Waals surface area contributed by atoms with Gasteiger partial charge in [0.1, 0.15) is 0 Å². The summed E-state index contributed by atoms with van der Waals surface area (Å²) in [5.74, 6) is 0. The highest BCUT2D eigenvalue weighted by Gasteiger charge is 2.41. The molecule has 0 amide bonds. The molecule has 0 N–H and O–H groups in total. The van der Waals surface area contributed by atoms with Gasteiger partial charge in [0.05, 0.1) is 5.69 Å². The summed E-state index contributed by atoms with van der Waals surface area (Å²) >= 11 is 1.87. The first kappa shape index (κ1) is 35.9. The molecule has 0 fully saturated rings. The Balaban J connectivity index is 1.00. The summed E-state index contributed by atoms with van der Waals surface area (Å²) in [5.41, 5.74) is 20.2. The van der Waals surface area contributed by atoms with Crippen molar-refractivity contribution >= 4 is 48.6 Å². The van der Waals surface area contributed by atoms with Gasteiger partial charge >= 0.3 is 0 Å². The Morgan fingerprint density at radius 1 is 0.393 bits per heavy atom. The van der Waals surface area contributed by atoms with Crippen LogP contribution in [-0.2, 0) is 10.8 Å². The lowest BCUT2D eigenvalue weighted by Gasteiger charge is -2.29. The minimum absolute atomic E-state index is 0.117. The molecule has 61 heavy (non-hydrogen) atoms. The molecule has 1 unspecified atom stereocenters. The van der Waals surface area contributed by atoms with E-state index < -0.39 is 0 Å². The number of rotatable bonds is 6. The lowest BCUT2D eigenvalue weighted by atomic mass is 9.74. The maximum absolute atomic E-state index is 2.48. The predicted molar refractivity (Wildman–Crippen MR) is 260 cm³/mol. The summed E-state index contributed by atoms with van der Waals surface area (Å²) < 4.78 is 2.59. The van der Waals surface area contributed by atoms with Crippen LogP contribution in [-0.4, -0.2) is 0 Å². The van der Waals surface area contributed by atoms with Crippen molar-refractivity contribution in [3.05, 3.63) is 234 Å². The summed E-state index contributed by atoms with van der Waals surface area (Å²) in [5, 5.41) is 2.57. The molecule has 10 aromatic rings. The zero-order valence-electron chi connectivity index (χ0n) is 34.5. The van der Waals surface area contributed by atoms with Crippen molar-refractivity contribution < 1.29 is 0 Å². The van der Waals surface area contributed by atoms with Gasteiger partial charge in [-0.2, -0.15) is 0 Å². The molecule has 1 heterocycles. The molecule has 1 atom stereocenters. The van der Waals surface area contributed by atoms with Gasteiger partial charge in [0.2, 0.25) is 0 Å². The summed E-state index contributed by atoms with van der Waals surface area (Å²) in [7, 11) is 0. The Morgan fingerprint density at radius 3 is 1.85 bits per heavy atom. The fourth-order valence-corrected chi connectivity index (χ4v) is 12.0.